The van der Waals surface area contributed by atoms with Gasteiger partial charge in [-0.15, -0.1) is 0 Å². The van der Waals surface area contributed by atoms with E-state index in [-0.39, 0.29) is 17.9 Å². The Labute approximate surface area is 86.8 Å². The highest BCUT2D eigenvalue weighted by Crippen LogP contribution is 2.27. The lowest BCUT2D eigenvalue weighted by Crippen LogP contribution is -2.32. The normalized spacial score (nSPS) is 12.4. The van der Waals surface area contributed by atoms with Gasteiger partial charge in [0.15, 0.2) is 0 Å². The van der Waals surface area contributed by atoms with Crippen molar-refractivity contribution in [1.29, 1.82) is 0 Å². The van der Waals surface area contributed by atoms with Crippen molar-refractivity contribution < 1.29 is 20.1 Å². The fourth-order valence-corrected chi connectivity index (χ4v) is 1.21. The second-order valence-corrected chi connectivity index (χ2v) is 3.42. The first-order valence-corrected chi connectivity index (χ1v) is 4.41. The molecule has 0 spiro atoms. The molecular weight excluding hydrogens is 198 g/mol. The van der Waals surface area contributed by atoms with Crippen LogP contribution in [0.5, 0.6) is 11.5 Å². The van der Waals surface area contributed by atoms with Crippen LogP contribution in [-0.4, -0.2) is 27.3 Å². The third-order valence-corrected chi connectivity index (χ3v) is 2.15. The van der Waals surface area contributed by atoms with E-state index in [2.05, 4.69) is 0 Å². The molecule has 0 fully saturated rings. The first-order chi connectivity index (χ1) is 6.91. The summed E-state index contributed by atoms with van der Waals surface area (Å²) in [6, 6.07) is 1.62. The average Bonchev–Trinajstić information content (AvgIpc) is 2.13. The molecule has 1 aromatic rings. The van der Waals surface area contributed by atoms with Crippen LogP contribution in [0.3, 0.4) is 0 Å². The van der Waals surface area contributed by atoms with Gasteiger partial charge in [0, 0.05) is 6.42 Å². The maximum absolute atomic E-state index is 10.5. The summed E-state index contributed by atoms with van der Waals surface area (Å²) < 4.78 is 0. The molecule has 1 atom stereocenters. The van der Waals surface area contributed by atoms with Crippen molar-refractivity contribution in [3.8, 4) is 11.5 Å². The Balaban J connectivity index is 2.95. The molecule has 5 N–H and O–H groups in total. The highest BCUT2D eigenvalue weighted by atomic mass is 16.4. The van der Waals surface area contributed by atoms with Crippen molar-refractivity contribution in [3.63, 3.8) is 0 Å². The molecule has 15 heavy (non-hydrogen) atoms. The van der Waals surface area contributed by atoms with Crippen molar-refractivity contribution >= 4 is 5.97 Å². The van der Waals surface area contributed by atoms with E-state index in [4.69, 9.17) is 10.8 Å². The summed E-state index contributed by atoms with van der Waals surface area (Å²) in [6.45, 7) is 1.63. The number of aryl methyl sites for hydroxylation is 1. The lowest BCUT2D eigenvalue weighted by Gasteiger charge is -2.10. The Bertz CT molecular complexity index is 389. The minimum Gasteiger partial charge on any atom is -0.508 e. The molecule has 0 aliphatic rings. The van der Waals surface area contributed by atoms with Crippen LogP contribution in [0.1, 0.15) is 11.1 Å². The fourth-order valence-electron chi connectivity index (χ4n) is 1.21. The van der Waals surface area contributed by atoms with E-state index in [0.29, 0.717) is 11.1 Å². The number of carboxylic acid groups (broad SMARTS) is 1. The zero-order valence-electron chi connectivity index (χ0n) is 8.27. The summed E-state index contributed by atoms with van der Waals surface area (Å²) in [6.07, 6.45) is -0.0188. The first kappa shape index (κ1) is 11.3. The van der Waals surface area contributed by atoms with E-state index in [0.717, 1.165) is 0 Å². The molecule has 0 aliphatic carbocycles. The lowest BCUT2D eigenvalue weighted by molar-refractivity contribution is -0.138. The molecule has 0 heterocycles. The van der Waals surface area contributed by atoms with Crippen LogP contribution < -0.4 is 5.73 Å². The molecule has 1 unspecified atom stereocenters. The predicted octanol–water partition coefficient (Wildman–Crippen LogP) is 0.361. The van der Waals surface area contributed by atoms with Gasteiger partial charge in [-0.3, -0.25) is 4.79 Å². The van der Waals surface area contributed by atoms with Crippen LogP contribution in [0.4, 0.5) is 0 Å². The number of carbonyl (C=O) groups is 1. The summed E-state index contributed by atoms with van der Waals surface area (Å²) in [5.41, 5.74) is 6.17. The minimum absolute atomic E-state index is 0.0142. The van der Waals surface area contributed by atoms with Crippen molar-refractivity contribution in [2.45, 2.75) is 19.4 Å². The van der Waals surface area contributed by atoms with Gasteiger partial charge in [0.2, 0.25) is 0 Å². The number of benzene rings is 1. The van der Waals surface area contributed by atoms with Gasteiger partial charge in [-0.05, 0) is 30.2 Å². The molecule has 5 nitrogen and oxygen atoms in total. The number of phenolic OH excluding ortho intramolecular Hbond substituents is 2. The number of rotatable bonds is 3. The number of phenols is 2. The lowest BCUT2D eigenvalue weighted by atomic mass is 10.0. The SMILES string of the molecule is Cc1cc(O)c(CC(N)C(=O)O)cc1O. The molecule has 1 rings (SSSR count). The second kappa shape index (κ2) is 4.18. The third kappa shape index (κ3) is 2.60. The van der Waals surface area contributed by atoms with Crippen molar-refractivity contribution in [1.82, 2.24) is 0 Å². The zero-order valence-corrected chi connectivity index (χ0v) is 8.27. The van der Waals surface area contributed by atoms with E-state index >= 15 is 0 Å². The summed E-state index contributed by atoms with van der Waals surface area (Å²) in [4.78, 5) is 10.5. The fraction of sp³-hybridized carbons (Fsp3) is 0.300. The maximum atomic E-state index is 10.5. The molecule has 5 heteroatoms. The molecule has 0 saturated carbocycles. The molecule has 0 aromatic heterocycles. The second-order valence-electron chi connectivity index (χ2n) is 3.42. The van der Waals surface area contributed by atoms with E-state index in [9.17, 15) is 15.0 Å². The molecule has 0 amide bonds. The molecule has 1 aromatic carbocycles. The Hall–Kier alpha value is -1.75. The minimum atomic E-state index is -1.14. The van der Waals surface area contributed by atoms with Gasteiger partial charge in [0.1, 0.15) is 17.5 Å². The van der Waals surface area contributed by atoms with Gasteiger partial charge in [-0.25, -0.2) is 0 Å². The van der Waals surface area contributed by atoms with Crippen molar-refractivity contribution in [2.24, 2.45) is 5.73 Å². The van der Waals surface area contributed by atoms with Crippen LogP contribution >= 0.6 is 0 Å². The summed E-state index contributed by atoms with van der Waals surface area (Å²) in [7, 11) is 0. The zero-order chi connectivity index (χ0) is 11.6. The van der Waals surface area contributed by atoms with Gasteiger partial charge < -0.3 is 21.1 Å². The molecule has 82 valence electrons. The monoisotopic (exact) mass is 211 g/mol. The summed E-state index contributed by atoms with van der Waals surface area (Å²) in [5, 5.41) is 27.5. The highest BCUT2D eigenvalue weighted by Gasteiger charge is 2.15. The molecular formula is C10H13NO4. The third-order valence-electron chi connectivity index (χ3n) is 2.15. The van der Waals surface area contributed by atoms with E-state index in [1.54, 1.807) is 6.92 Å². The van der Waals surface area contributed by atoms with Gasteiger partial charge in [0.05, 0.1) is 0 Å². The van der Waals surface area contributed by atoms with Gasteiger partial charge >= 0.3 is 5.97 Å². The van der Waals surface area contributed by atoms with Crippen LogP contribution in [0.15, 0.2) is 12.1 Å². The summed E-state index contributed by atoms with van der Waals surface area (Å²) in [5.74, 6) is -1.18. The van der Waals surface area contributed by atoms with E-state index in [1.807, 2.05) is 0 Å². The topological polar surface area (TPSA) is 104 Å². The molecule has 0 radical (unpaired) electrons. The average molecular weight is 211 g/mol. The number of aliphatic carboxylic acids is 1. The number of aromatic hydroxyl groups is 2. The Morgan fingerprint density at radius 1 is 1.40 bits per heavy atom. The Kier molecular flexibility index (Phi) is 3.16. The Morgan fingerprint density at radius 3 is 2.53 bits per heavy atom. The summed E-state index contributed by atoms with van der Waals surface area (Å²) >= 11 is 0. The molecule has 0 aliphatic heterocycles. The standard InChI is InChI=1S/C10H13NO4/c1-5-2-9(13)6(4-8(5)12)3-7(11)10(14)15/h2,4,7,12-13H,3,11H2,1H3,(H,14,15). The maximum Gasteiger partial charge on any atom is 0.320 e. The van der Waals surface area contributed by atoms with Crippen molar-refractivity contribution in [2.75, 3.05) is 0 Å². The van der Waals surface area contributed by atoms with E-state index in [1.165, 1.54) is 12.1 Å². The highest BCUT2D eigenvalue weighted by molar-refractivity contribution is 5.73. The number of nitrogens with two attached hydrogens (primary N) is 1. The van der Waals surface area contributed by atoms with Crippen LogP contribution in [-0.2, 0) is 11.2 Å². The number of hydrogen-bond donors (Lipinski definition) is 4. The quantitative estimate of drug-likeness (QED) is 0.540. The number of hydrogen-bond acceptors (Lipinski definition) is 4. The smallest absolute Gasteiger partial charge is 0.320 e. The number of carboxylic acids is 1. The molecule has 0 saturated heterocycles. The van der Waals surface area contributed by atoms with Gasteiger partial charge in [-0.1, -0.05) is 0 Å². The molecule has 0 bridgehead atoms. The Morgan fingerprint density at radius 2 is 2.00 bits per heavy atom. The van der Waals surface area contributed by atoms with Crippen molar-refractivity contribution in [3.05, 3.63) is 23.3 Å². The van der Waals surface area contributed by atoms with E-state index < -0.39 is 12.0 Å². The van der Waals surface area contributed by atoms with Gasteiger partial charge in [0.25, 0.3) is 0 Å². The first-order valence-electron chi connectivity index (χ1n) is 4.41. The van der Waals surface area contributed by atoms with Crippen LogP contribution in [0.2, 0.25) is 0 Å². The largest absolute Gasteiger partial charge is 0.508 e. The van der Waals surface area contributed by atoms with Gasteiger partial charge in [-0.2, -0.15) is 0 Å². The van der Waals surface area contributed by atoms with Crippen LogP contribution in [0, 0.1) is 6.92 Å². The van der Waals surface area contributed by atoms with Crippen LogP contribution in [0.25, 0.3) is 0 Å². The predicted molar refractivity (Wildman–Crippen MR) is 53.8 cm³/mol.